The third kappa shape index (κ3) is 3.44. The molecular weight excluding hydrogens is 242 g/mol. The van der Waals surface area contributed by atoms with Crippen LogP contribution in [-0.4, -0.2) is 29.8 Å². The number of hydrogen-bond acceptors (Lipinski definition) is 4. The molecule has 2 rings (SSSR count). The molecule has 1 fully saturated rings. The summed E-state index contributed by atoms with van der Waals surface area (Å²) in [5.74, 6) is 0. The molecule has 1 aliphatic heterocycles. The number of aromatic nitrogens is 1. The van der Waals surface area contributed by atoms with Gasteiger partial charge in [-0.2, -0.15) is 0 Å². The molecule has 2 N–H and O–H groups in total. The molecule has 5 heteroatoms. The fraction of sp³-hybridized carbons (Fsp3) is 0.571. The number of pyridine rings is 1. The Morgan fingerprint density at radius 1 is 1.53 bits per heavy atom. The topological polar surface area (TPSA) is 63.2 Å². The molecule has 0 bridgehead atoms. The molecule has 2 heterocycles. The summed E-state index contributed by atoms with van der Waals surface area (Å²) in [7, 11) is 0. The van der Waals surface area contributed by atoms with Crippen LogP contribution in [0.25, 0.3) is 0 Å². The number of carbonyl (C=O) groups is 1. The summed E-state index contributed by atoms with van der Waals surface area (Å²) in [4.78, 5) is 16.1. The number of hydrogen-bond donors (Lipinski definition) is 2. The zero-order valence-corrected chi connectivity index (χ0v) is 11.7. The highest BCUT2D eigenvalue weighted by Gasteiger charge is 2.38. The van der Waals surface area contributed by atoms with Crippen molar-refractivity contribution in [2.24, 2.45) is 0 Å². The second-order valence-corrected chi connectivity index (χ2v) is 5.88. The Bertz CT molecular complexity index is 434. The number of alkyl carbamates (subject to hydrolysis) is 1. The molecule has 0 aromatic carbocycles. The Labute approximate surface area is 113 Å². The van der Waals surface area contributed by atoms with Crippen molar-refractivity contribution in [2.45, 2.75) is 38.3 Å². The molecule has 1 aromatic heterocycles. The van der Waals surface area contributed by atoms with Crippen molar-refractivity contribution in [3.05, 3.63) is 30.1 Å². The van der Waals surface area contributed by atoms with Gasteiger partial charge in [0, 0.05) is 18.9 Å². The largest absolute Gasteiger partial charge is 0.444 e. The third-order valence-electron chi connectivity index (χ3n) is 3.11. The normalized spacial score (nSPS) is 23.1. The molecule has 1 aromatic rings. The highest BCUT2D eigenvalue weighted by atomic mass is 16.6. The second kappa shape index (κ2) is 5.17. The zero-order chi connectivity index (χ0) is 13.9. The SMILES string of the molecule is CC(C)(C)OC(=O)NC1(c2cccnc2)CCNC1. The van der Waals surface area contributed by atoms with Crippen LogP contribution < -0.4 is 10.6 Å². The van der Waals surface area contributed by atoms with Gasteiger partial charge in [-0.05, 0) is 45.4 Å². The van der Waals surface area contributed by atoms with Gasteiger partial charge in [-0.3, -0.25) is 4.98 Å². The van der Waals surface area contributed by atoms with Crippen molar-refractivity contribution in [1.82, 2.24) is 15.6 Å². The average molecular weight is 263 g/mol. The Kier molecular flexibility index (Phi) is 3.75. The number of amides is 1. The van der Waals surface area contributed by atoms with Gasteiger partial charge in [-0.1, -0.05) is 6.07 Å². The summed E-state index contributed by atoms with van der Waals surface area (Å²) in [5.41, 5.74) is 0.0916. The Balaban J connectivity index is 2.15. The van der Waals surface area contributed by atoms with E-state index in [2.05, 4.69) is 15.6 Å². The first-order chi connectivity index (χ1) is 8.91. The standard InChI is InChI=1S/C14H21N3O2/c1-13(2,3)19-12(18)17-14(6-8-16-10-14)11-5-4-7-15-9-11/h4-5,7,9,16H,6,8,10H2,1-3H3,(H,17,18). The van der Waals surface area contributed by atoms with Gasteiger partial charge in [0.25, 0.3) is 0 Å². The minimum atomic E-state index is -0.494. The zero-order valence-electron chi connectivity index (χ0n) is 11.7. The maximum atomic E-state index is 12.0. The molecule has 0 aliphatic carbocycles. The molecule has 5 nitrogen and oxygen atoms in total. The van der Waals surface area contributed by atoms with E-state index >= 15 is 0 Å². The maximum Gasteiger partial charge on any atom is 0.408 e. The number of carbonyl (C=O) groups excluding carboxylic acids is 1. The predicted molar refractivity (Wildman–Crippen MR) is 72.8 cm³/mol. The van der Waals surface area contributed by atoms with Crippen LogP contribution in [0.3, 0.4) is 0 Å². The number of ether oxygens (including phenoxy) is 1. The van der Waals surface area contributed by atoms with Crippen LogP contribution >= 0.6 is 0 Å². The number of rotatable bonds is 2. The molecule has 0 spiro atoms. The average Bonchev–Trinajstić information content (AvgIpc) is 2.77. The van der Waals surface area contributed by atoms with Crippen LogP contribution in [0.2, 0.25) is 0 Å². The molecule has 0 radical (unpaired) electrons. The molecule has 104 valence electrons. The Morgan fingerprint density at radius 2 is 2.32 bits per heavy atom. The summed E-state index contributed by atoms with van der Waals surface area (Å²) in [6.07, 6.45) is 3.97. The fourth-order valence-electron chi connectivity index (χ4n) is 2.26. The highest BCUT2D eigenvalue weighted by Crippen LogP contribution is 2.27. The molecule has 1 atom stereocenters. The van der Waals surface area contributed by atoms with Gasteiger partial charge in [0.1, 0.15) is 5.60 Å². The molecular formula is C14H21N3O2. The van der Waals surface area contributed by atoms with E-state index in [1.807, 2.05) is 32.9 Å². The van der Waals surface area contributed by atoms with Crippen molar-refractivity contribution in [3.8, 4) is 0 Å². The monoisotopic (exact) mass is 263 g/mol. The quantitative estimate of drug-likeness (QED) is 0.854. The van der Waals surface area contributed by atoms with Gasteiger partial charge in [0.2, 0.25) is 0 Å². The molecule has 1 aliphatic rings. The maximum absolute atomic E-state index is 12.0. The molecule has 1 amide bonds. The van der Waals surface area contributed by atoms with Gasteiger partial charge >= 0.3 is 6.09 Å². The Hall–Kier alpha value is -1.62. The number of nitrogens with zero attached hydrogens (tertiary/aromatic N) is 1. The van der Waals surface area contributed by atoms with Crippen molar-refractivity contribution < 1.29 is 9.53 Å². The Morgan fingerprint density at radius 3 is 2.84 bits per heavy atom. The van der Waals surface area contributed by atoms with Gasteiger partial charge in [-0.15, -0.1) is 0 Å². The lowest BCUT2D eigenvalue weighted by Gasteiger charge is -2.31. The third-order valence-corrected chi connectivity index (χ3v) is 3.11. The first-order valence-electron chi connectivity index (χ1n) is 6.54. The van der Waals surface area contributed by atoms with E-state index in [0.717, 1.165) is 18.5 Å². The lowest BCUT2D eigenvalue weighted by Crippen LogP contribution is -2.49. The van der Waals surface area contributed by atoms with E-state index in [1.54, 1.807) is 12.4 Å². The predicted octanol–water partition coefficient (Wildman–Crippen LogP) is 1.79. The lowest BCUT2D eigenvalue weighted by atomic mass is 9.90. The molecule has 0 saturated carbocycles. The minimum absolute atomic E-state index is 0.389. The first-order valence-corrected chi connectivity index (χ1v) is 6.54. The van der Waals surface area contributed by atoms with Crippen molar-refractivity contribution in [2.75, 3.05) is 13.1 Å². The van der Waals surface area contributed by atoms with Gasteiger partial charge < -0.3 is 15.4 Å². The molecule has 1 saturated heterocycles. The van der Waals surface area contributed by atoms with E-state index in [-0.39, 0.29) is 6.09 Å². The minimum Gasteiger partial charge on any atom is -0.444 e. The van der Waals surface area contributed by atoms with E-state index in [1.165, 1.54) is 0 Å². The van der Waals surface area contributed by atoms with Gasteiger partial charge in [-0.25, -0.2) is 4.79 Å². The number of nitrogens with one attached hydrogen (secondary N) is 2. The van der Waals surface area contributed by atoms with Crippen molar-refractivity contribution in [1.29, 1.82) is 0 Å². The van der Waals surface area contributed by atoms with E-state index in [4.69, 9.17) is 4.74 Å². The van der Waals surface area contributed by atoms with E-state index in [9.17, 15) is 4.79 Å². The van der Waals surface area contributed by atoms with Crippen LogP contribution in [0.5, 0.6) is 0 Å². The summed E-state index contributed by atoms with van der Waals surface area (Å²) < 4.78 is 5.35. The first kappa shape index (κ1) is 13.8. The molecule has 19 heavy (non-hydrogen) atoms. The lowest BCUT2D eigenvalue weighted by molar-refractivity contribution is 0.0461. The van der Waals surface area contributed by atoms with E-state index < -0.39 is 11.1 Å². The molecule has 1 unspecified atom stereocenters. The fourth-order valence-corrected chi connectivity index (χ4v) is 2.26. The van der Waals surface area contributed by atoms with Gasteiger partial charge in [0.15, 0.2) is 0 Å². The van der Waals surface area contributed by atoms with Crippen LogP contribution in [0.4, 0.5) is 4.79 Å². The highest BCUT2D eigenvalue weighted by molar-refractivity contribution is 5.69. The summed E-state index contributed by atoms with van der Waals surface area (Å²) in [6, 6.07) is 3.86. The summed E-state index contributed by atoms with van der Waals surface area (Å²) in [5, 5.41) is 6.28. The van der Waals surface area contributed by atoms with Crippen LogP contribution in [0.15, 0.2) is 24.5 Å². The van der Waals surface area contributed by atoms with Gasteiger partial charge in [0.05, 0.1) is 5.54 Å². The second-order valence-electron chi connectivity index (χ2n) is 5.88. The summed E-state index contributed by atoms with van der Waals surface area (Å²) >= 11 is 0. The van der Waals surface area contributed by atoms with Crippen LogP contribution in [0.1, 0.15) is 32.8 Å². The smallest absolute Gasteiger partial charge is 0.408 e. The van der Waals surface area contributed by atoms with Crippen LogP contribution in [0, 0.1) is 0 Å². The van der Waals surface area contributed by atoms with Crippen molar-refractivity contribution in [3.63, 3.8) is 0 Å². The summed E-state index contributed by atoms with van der Waals surface area (Å²) in [6.45, 7) is 7.13. The van der Waals surface area contributed by atoms with Crippen molar-refractivity contribution >= 4 is 6.09 Å². The van der Waals surface area contributed by atoms with Crippen LogP contribution in [-0.2, 0) is 10.3 Å². The van der Waals surface area contributed by atoms with E-state index in [0.29, 0.717) is 6.54 Å².